The first-order chi connectivity index (χ1) is 8.72. The fourth-order valence-electron chi connectivity index (χ4n) is 1.28. The molecule has 1 aromatic carbocycles. The number of benzene rings is 1. The zero-order valence-electron chi connectivity index (χ0n) is 10.9. The van der Waals surface area contributed by atoms with Crippen LogP contribution in [0.15, 0.2) is 24.3 Å². The van der Waals surface area contributed by atoms with Crippen LogP contribution < -0.4 is 10.1 Å². The maximum absolute atomic E-state index is 12.7. The van der Waals surface area contributed by atoms with Gasteiger partial charge in [-0.25, -0.2) is 4.39 Å². The molecule has 0 bridgehead atoms. The highest BCUT2D eigenvalue weighted by atomic mass is 19.1. The number of carbonyl (C=O) groups is 2. The average molecular weight is 269 g/mol. The van der Waals surface area contributed by atoms with Crippen molar-refractivity contribution in [3.05, 3.63) is 30.1 Å². The Balaban J connectivity index is 2.72. The van der Waals surface area contributed by atoms with Gasteiger partial charge in [0, 0.05) is 0 Å². The summed E-state index contributed by atoms with van der Waals surface area (Å²) in [7, 11) is 0. The number of aliphatic carboxylic acids is 1. The molecule has 1 aromatic rings. The van der Waals surface area contributed by atoms with E-state index in [2.05, 4.69) is 5.32 Å². The molecular weight excluding hydrogens is 253 g/mol. The van der Waals surface area contributed by atoms with E-state index >= 15 is 0 Å². The quantitative estimate of drug-likeness (QED) is 0.850. The fraction of sp³-hybridized carbons (Fsp3) is 0.385. The van der Waals surface area contributed by atoms with Crippen LogP contribution in [0.4, 0.5) is 4.39 Å². The minimum Gasteiger partial charge on any atom is -0.480 e. The van der Waals surface area contributed by atoms with Crippen molar-refractivity contribution in [1.29, 1.82) is 0 Å². The third-order valence-corrected chi connectivity index (χ3v) is 2.45. The highest BCUT2D eigenvalue weighted by molar-refractivity contribution is 5.88. The van der Waals surface area contributed by atoms with Crippen molar-refractivity contribution < 1.29 is 23.8 Å². The molecule has 0 aliphatic carbocycles. The van der Waals surface area contributed by atoms with Crippen molar-refractivity contribution in [1.82, 2.24) is 5.32 Å². The Kier molecular flexibility index (Phi) is 4.47. The van der Waals surface area contributed by atoms with Crippen LogP contribution in [0.25, 0.3) is 0 Å². The van der Waals surface area contributed by atoms with Crippen molar-refractivity contribution in [2.75, 3.05) is 0 Å². The van der Waals surface area contributed by atoms with Crippen LogP contribution in [-0.4, -0.2) is 28.6 Å². The highest BCUT2D eigenvalue weighted by Crippen LogP contribution is 2.19. The monoisotopic (exact) mass is 269 g/mol. The molecule has 0 aromatic heterocycles. The first-order valence-electron chi connectivity index (χ1n) is 5.71. The van der Waals surface area contributed by atoms with Crippen LogP contribution >= 0.6 is 0 Å². The number of ether oxygens (including phenoxy) is 1. The normalized spacial score (nSPS) is 12.6. The van der Waals surface area contributed by atoms with Gasteiger partial charge in [-0.3, -0.25) is 9.59 Å². The molecule has 0 aliphatic heterocycles. The Bertz CT molecular complexity index is 470. The van der Waals surface area contributed by atoms with Gasteiger partial charge >= 0.3 is 5.97 Å². The Labute approximate surface area is 110 Å². The summed E-state index contributed by atoms with van der Waals surface area (Å²) >= 11 is 0. The maximum Gasteiger partial charge on any atom is 0.325 e. The average Bonchev–Trinajstić information content (AvgIpc) is 2.31. The molecule has 0 spiro atoms. The molecule has 19 heavy (non-hydrogen) atoms. The molecule has 0 unspecified atom stereocenters. The number of nitrogens with one attached hydrogen (secondary N) is 1. The van der Waals surface area contributed by atoms with Crippen LogP contribution in [0.5, 0.6) is 5.75 Å². The van der Waals surface area contributed by atoms with E-state index in [0.29, 0.717) is 5.75 Å². The standard InChI is InChI=1S/C13H16FNO4/c1-8(11(16)17)15-12(18)13(2,3)19-10-6-4-9(14)5-7-10/h4-8H,1-3H3,(H,15,18)(H,16,17)/t8-/m1/s1. The minimum absolute atomic E-state index is 0.324. The Morgan fingerprint density at radius 1 is 1.32 bits per heavy atom. The summed E-state index contributed by atoms with van der Waals surface area (Å²) in [5.41, 5.74) is -1.26. The van der Waals surface area contributed by atoms with E-state index in [-0.39, 0.29) is 0 Å². The predicted octanol–water partition coefficient (Wildman–Crippen LogP) is 1.57. The van der Waals surface area contributed by atoms with Gasteiger partial charge in [-0.2, -0.15) is 0 Å². The molecule has 0 radical (unpaired) electrons. The number of halogens is 1. The van der Waals surface area contributed by atoms with Crippen molar-refractivity contribution >= 4 is 11.9 Å². The summed E-state index contributed by atoms with van der Waals surface area (Å²) in [6, 6.07) is 4.20. The van der Waals surface area contributed by atoms with Crippen LogP contribution in [0.1, 0.15) is 20.8 Å². The minimum atomic E-state index is -1.26. The van der Waals surface area contributed by atoms with Gasteiger partial charge in [0.1, 0.15) is 17.6 Å². The number of rotatable bonds is 5. The summed E-state index contributed by atoms with van der Waals surface area (Å²) in [6.07, 6.45) is 0. The molecule has 0 heterocycles. The summed E-state index contributed by atoms with van der Waals surface area (Å²) in [6.45, 7) is 4.36. The topological polar surface area (TPSA) is 75.6 Å². The van der Waals surface area contributed by atoms with Gasteiger partial charge in [0.15, 0.2) is 5.60 Å². The molecule has 0 fully saturated rings. The first-order valence-corrected chi connectivity index (χ1v) is 5.71. The molecule has 104 valence electrons. The molecule has 0 saturated carbocycles. The van der Waals surface area contributed by atoms with Crippen molar-refractivity contribution in [2.45, 2.75) is 32.4 Å². The van der Waals surface area contributed by atoms with E-state index in [4.69, 9.17) is 9.84 Å². The number of hydrogen-bond acceptors (Lipinski definition) is 3. The van der Waals surface area contributed by atoms with Crippen molar-refractivity contribution in [3.63, 3.8) is 0 Å². The SMILES string of the molecule is C[C@@H](NC(=O)C(C)(C)Oc1ccc(F)cc1)C(=O)O. The molecule has 1 amide bonds. The molecular formula is C13H16FNO4. The van der Waals surface area contributed by atoms with E-state index in [1.165, 1.54) is 45.0 Å². The van der Waals surface area contributed by atoms with Crippen molar-refractivity contribution in [2.24, 2.45) is 0 Å². The van der Waals surface area contributed by atoms with Gasteiger partial charge in [-0.1, -0.05) is 0 Å². The van der Waals surface area contributed by atoms with E-state index in [1.807, 2.05) is 0 Å². The lowest BCUT2D eigenvalue weighted by Crippen LogP contribution is -2.51. The molecule has 2 N–H and O–H groups in total. The molecule has 1 rings (SSSR count). The van der Waals surface area contributed by atoms with Gasteiger partial charge in [0.25, 0.3) is 5.91 Å². The van der Waals surface area contributed by atoms with Crippen LogP contribution in [0.3, 0.4) is 0 Å². The molecule has 6 heteroatoms. The maximum atomic E-state index is 12.7. The van der Waals surface area contributed by atoms with Crippen LogP contribution in [0, 0.1) is 5.82 Å². The lowest BCUT2D eigenvalue weighted by Gasteiger charge is -2.26. The van der Waals surface area contributed by atoms with E-state index in [9.17, 15) is 14.0 Å². The van der Waals surface area contributed by atoms with Crippen LogP contribution in [0.2, 0.25) is 0 Å². The lowest BCUT2D eigenvalue weighted by atomic mass is 10.1. The molecule has 1 atom stereocenters. The van der Waals surface area contributed by atoms with Crippen LogP contribution in [-0.2, 0) is 9.59 Å². The molecule has 0 aliphatic rings. The third-order valence-electron chi connectivity index (χ3n) is 2.45. The summed E-state index contributed by atoms with van der Waals surface area (Å²) in [5.74, 6) is -1.78. The predicted molar refractivity (Wildman–Crippen MR) is 66.3 cm³/mol. The number of carboxylic acids is 1. The van der Waals surface area contributed by atoms with Gasteiger partial charge in [0.05, 0.1) is 0 Å². The molecule has 0 saturated heterocycles. The second-order valence-corrected chi connectivity index (χ2v) is 4.60. The van der Waals surface area contributed by atoms with Gasteiger partial charge in [-0.15, -0.1) is 0 Å². The second kappa shape index (κ2) is 5.69. The Morgan fingerprint density at radius 2 is 1.84 bits per heavy atom. The van der Waals surface area contributed by atoms with Gasteiger partial charge in [-0.05, 0) is 45.0 Å². The summed E-state index contributed by atoms with van der Waals surface area (Å²) in [4.78, 5) is 22.5. The van der Waals surface area contributed by atoms with E-state index in [0.717, 1.165) is 0 Å². The number of hydrogen-bond donors (Lipinski definition) is 2. The third kappa shape index (κ3) is 4.24. The summed E-state index contributed by atoms with van der Waals surface area (Å²) in [5, 5.41) is 11.0. The lowest BCUT2D eigenvalue weighted by molar-refractivity contribution is -0.144. The Hall–Kier alpha value is -2.11. The largest absolute Gasteiger partial charge is 0.480 e. The zero-order chi connectivity index (χ0) is 14.6. The summed E-state index contributed by atoms with van der Waals surface area (Å²) < 4.78 is 18.2. The number of carbonyl (C=O) groups excluding carboxylic acids is 1. The van der Waals surface area contributed by atoms with Gasteiger partial charge < -0.3 is 15.2 Å². The van der Waals surface area contributed by atoms with E-state index in [1.54, 1.807) is 0 Å². The number of carboxylic acid groups (broad SMARTS) is 1. The zero-order valence-corrected chi connectivity index (χ0v) is 10.9. The van der Waals surface area contributed by atoms with Crippen molar-refractivity contribution in [3.8, 4) is 5.75 Å². The Morgan fingerprint density at radius 3 is 2.32 bits per heavy atom. The number of amides is 1. The van der Waals surface area contributed by atoms with E-state index < -0.39 is 29.3 Å². The first kappa shape index (κ1) is 14.9. The second-order valence-electron chi connectivity index (χ2n) is 4.60. The smallest absolute Gasteiger partial charge is 0.325 e. The fourth-order valence-corrected chi connectivity index (χ4v) is 1.28. The highest BCUT2D eigenvalue weighted by Gasteiger charge is 2.32. The van der Waals surface area contributed by atoms with Gasteiger partial charge in [0.2, 0.25) is 0 Å². The molecule has 5 nitrogen and oxygen atoms in total.